The first kappa shape index (κ1) is 15.4. The fourth-order valence-corrected chi connectivity index (χ4v) is 2.16. The molecule has 21 heavy (non-hydrogen) atoms. The van der Waals surface area contributed by atoms with Crippen molar-refractivity contribution in [2.45, 2.75) is 32.8 Å². The van der Waals surface area contributed by atoms with E-state index in [0.717, 1.165) is 6.42 Å². The van der Waals surface area contributed by atoms with Crippen LogP contribution in [0.15, 0.2) is 12.1 Å². The first-order valence-electron chi connectivity index (χ1n) is 6.66. The topological polar surface area (TPSA) is 69.5 Å². The van der Waals surface area contributed by atoms with Crippen molar-refractivity contribution < 1.29 is 9.53 Å². The summed E-state index contributed by atoms with van der Waals surface area (Å²) in [6.07, 6.45) is 0.390. The molecular formula is C14H17ClN4O2. The third-order valence-corrected chi connectivity index (χ3v) is 3.14. The molecule has 1 aromatic heterocycles. The molecule has 0 radical (unpaired) electrons. The van der Waals surface area contributed by atoms with Gasteiger partial charge in [-0.25, -0.2) is 14.8 Å². The predicted octanol–water partition coefficient (Wildman–Crippen LogP) is 2.97. The van der Waals surface area contributed by atoms with Gasteiger partial charge in [0.2, 0.25) is 0 Å². The van der Waals surface area contributed by atoms with Crippen LogP contribution in [0.3, 0.4) is 0 Å². The Morgan fingerprint density at radius 1 is 1.43 bits per heavy atom. The maximum absolute atomic E-state index is 12.2. The van der Waals surface area contributed by atoms with Gasteiger partial charge in [-0.15, -0.1) is 0 Å². The van der Waals surface area contributed by atoms with Crippen LogP contribution in [0.1, 0.15) is 32.9 Å². The molecule has 1 saturated heterocycles. The number of hydrogen-bond acceptors (Lipinski definition) is 5. The number of carbonyl (C=O) groups excluding carboxylic acids is 1. The summed E-state index contributed by atoms with van der Waals surface area (Å²) in [4.78, 5) is 16.4. The van der Waals surface area contributed by atoms with Crippen LogP contribution in [0.25, 0.3) is 0 Å². The first-order chi connectivity index (χ1) is 9.81. The maximum Gasteiger partial charge on any atom is 0.429 e. The third-order valence-electron chi connectivity index (χ3n) is 2.84. The summed E-state index contributed by atoms with van der Waals surface area (Å²) in [6, 6.07) is 5.23. The molecule has 1 aliphatic heterocycles. The van der Waals surface area contributed by atoms with Crippen molar-refractivity contribution in [3.63, 3.8) is 0 Å². The van der Waals surface area contributed by atoms with E-state index in [1.165, 1.54) is 5.01 Å². The second-order valence-electron chi connectivity index (χ2n) is 5.69. The number of carbonyl (C=O) groups is 1. The van der Waals surface area contributed by atoms with Gasteiger partial charge in [-0.3, -0.25) is 5.01 Å². The lowest BCUT2D eigenvalue weighted by atomic mass is 10.2. The number of hydrazine groups is 1. The molecule has 2 rings (SSSR count). The maximum atomic E-state index is 12.2. The van der Waals surface area contributed by atoms with Gasteiger partial charge in [-0.05, 0) is 39.3 Å². The number of anilines is 1. The lowest BCUT2D eigenvalue weighted by Crippen LogP contribution is -2.44. The number of aromatic nitrogens is 1. The highest BCUT2D eigenvalue weighted by atomic mass is 35.5. The van der Waals surface area contributed by atoms with Crippen molar-refractivity contribution in [2.24, 2.45) is 0 Å². The van der Waals surface area contributed by atoms with Gasteiger partial charge in [-0.2, -0.15) is 5.26 Å². The Morgan fingerprint density at radius 2 is 2.14 bits per heavy atom. The molecule has 0 bridgehead atoms. The van der Waals surface area contributed by atoms with Crippen LogP contribution in [0, 0.1) is 11.3 Å². The van der Waals surface area contributed by atoms with Crippen molar-refractivity contribution in [1.29, 1.82) is 5.26 Å². The van der Waals surface area contributed by atoms with Crippen LogP contribution in [0.2, 0.25) is 5.02 Å². The SMILES string of the molecule is CC(C)(C)OC(=O)N1CCCN1c1ccc(Cl)c(C#N)n1. The van der Waals surface area contributed by atoms with E-state index in [9.17, 15) is 4.79 Å². The van der Waals surface area contributed by atoms with Gasteiger partial charge in [0.25, 0.3) is 0 Å². The number of hydrogen-bond donors (Lipinski definition) is 0. The first-order valence-corrected chi connectivity index (χ1v) is 7.04. The Labute approximate surface area is 128 Å². The zero-order chi connectivity index (χ0) is 15.6. The Balaban J connectivity index is 2.23. The van der Waals surface area contributed by atoms with E-state index >= 15 is 0 Å². The molecule has 6 nitrogen and oxygen atoms in total. The minimum Gasteiger partial charge on any atom is -0.442 e. The van der Waals surface area contributed by atoms with Crippen LogP contribution in [0.4, 0.5) is 10.6 Å². The summed E-state index contributed by atoms with van der Waals surface area (Å²) in [6.45, 7) is 6.65. The van der Waals surface area contributed by atoms with E-state index in [4.69, 9.17) is 21.6 Å². The number of pyridine rings is 1. The van der Waals surface area contributed by atoms with Crippen LogP contribution in [0.5, 0.6) is 0 Å². The molecule has 1 aliphatic rings. The molecule has 0 saturated carbocycles. The molecule has 0 spiro atoms. The number of amides is 1. The van der Waals surface area contributed by atoms with Crippen molar-refractivity contribution in [1.82, 2.24) is 9.99 Å². The fourth-order valence-electron chi connectivity index (χ4n) is 2.01. The van der Waals surface area contributed by atoms with Crippen molar-refractivity contribution in [2.75, 3.05) is 18.1 Å². The van der Waals surface area contributed by atoms with Crippen molar-refractivity contribution in [3.05, 3.63) is 22.8 Å². The lowest BCUT2D eigenvalue weighted by Gasteiger charge is -2.31. The van der Waals surface area contributed by atoms with E-state index in [1.807, 2.05) is 26.8 Å². The standard InChI is InChI=1S/C14H17ClN4O2/c1-14(2,3)21-13(20)19-8-4-7-18(19)12-6-5-10(15)11(9-16)17-12/h5-6H,4,7-8H2,1-3H3. The molecule has 0 N–H and O–H groups in total. The molecule has 2 heterocycles. The predicted molar refractivity (Wildman–Crippen MR) is 78.9 cm³/mol. The number of nitriles is 1. The van der Waals surface area contributed by atoms with E-state index in [-0.39, 0.29) is 5.69 Å². The Bertz CT molecular complexity index is 592. The van der Waals surface area contributed by atoms with Crippen LogP contribution in [-0.2, 0) is 4.74 Å². The molecule has 1 fully saturated rings. The van der Waals surface area contributed by atoms with Gasteiger partial charge in [0.1, 0.15) is 17.5 Å². The summed E-state index contributed by atoms with van der Waals surface area (Å²) < 4.78 is 5.38. The van der Waals surface area contributed by atoms with Gasteiger partial charge >= 0.3 is 6.09 Å². The summed E-state index contributed by atoms with van der Waals surface area (Å²) in [5.41, 5.74) is -0.415. The highest BCUT2D eigenvalue weighted by molar-refractivity contribution is 6.31. The highest BCUT2D eigenvalue weighted by Gasteiger charge is 2.31. The van der Waals surface area contributed by atoms with Crippen LogP contribution < -0.4 is 5.01 Å². The molecule has 112 valence electrons. The van der Waals surface area contributed by atoms with Crippen LogP contribution in [-0.4, -0.2) is 34.8 Å². The number of nitrogens with zero attached hydrogens (tertiary/aromatic N) is 4. The molecule has 0 unspecified atom stereocenters. The van der Waals surface area contributed by atoms with Gasteiger partial charge in [0.15, 0.2) is 5.69 Å². The smallest absolute Gasteiger partial charge is 0.429 e. The summed E-state index contributed by atoms with van der Waals surface area (Å²) >= 11 is 5.88. The summed E-state index contributed by atoms with van der Waals surface area (Å²) in [5, 5.41) is 12.5. The van der Waals surface area contributed by atoms with Gasteiger partial charge in [-0.1, -0.05) is 11.6 Å². The Hall–Kier alpha value is -2.00. The quantitative estimate of drug-likeness (QED) is 0.797. The van der Waals surface area contributed by atoms with Crippen LogP contribution >= 0.6 is 11.6 Å². The average molecular weight is 309 g/mol. The second-order valence-corrected chi connectivity index (χ2v) is 6.10. The van der Waals surface area contributed by atoms with Gasteiger partial charge in [0, 0.05) is 13.1 Å². The Morgan fingerprint density at radius 3 is 2.76 bits per heavy atom. The molecule has 1 aromatic rings. The van der Waals surface area contributed by atoms with E-state index in [2.05, 4.69) is 4.98 Å². The zero-order valence-electron chi connectivity index (χ0n) is 12.3. The minimum atomic E-state index is -0.559. The van der Waals surface area contributed by atoms with Crippen molar-refractivity contribution in [3.8, 4) is 6.07 Å². The molecule has 0 aromatic carbocycles. The number of ether oxygens (including phenoxy) is 1. The average Bonchev–Trinajstić information content (AvgIpc) is 2.86. The number of rotatable bonds is 1. The zero-order valence-corrected chi connectivity index (χ0v) is 13.0. The molecular weight excluding hydrogens is 292 g/mol. The van der Waals surface area contributed by atoms with Crippen molar-refractivity contribution >= 4 is 23.5 Å². The fraction of sp³-hybridized carbons (Fsp3) is 0.500. The van der Waals surface area contributed by atoms with E-state index in [0.29, 0.717) is 23.9 Å². The Kier molecular flexibility index (Phi) is 4.24. The molecule has 0 atom stereocenters. The van der Waals surface area contributed by atoms with Gasteiger partial charge < -0.3 is 4.74 Å². The molecule has 0 aliphatic carbocycles. The molecule has 1 amide bonds. The van der Waals surface area contributed by atoms with E-state index in [1.54, 1.807) is 17.1 Å². The third kappa shape index (κ3) is 3.56. The lowest BCUT2D eigenvalue weighted by molar-refractivity contribution is 0.0272. The monoisotopic (exact) mass is 308 g/mol. The summed E-state index contributed by atoms with van der Waals surface area (Å²) in [7, 11) is 0. The van der Waals surface area contributed by atoms with E-state index < -0.39 is 11.7 Å². The van der Waals surface area contributed by atoms with Gasteiger partial charge in [0.05, 0.1) is 5.02 Å². The largest absolute Gasteiger partial charge is 0.442 e. The summed E-state index contributed by atoms with van der Waals surface area (Å²) in [5.74, 6) is 0.513. The normalized spacial score (nSPS) is 15.0. The minimum absolute atomic E-state index is 0.144. The molecule has 7 heteroatoms. The second kappa shape index (κ2) is 5.78. The number of halogens is 1. The highest BCUT2D eigenvalue weighted by Crippen LogP contribution is 2.24.